The van der Waals surface area contributed by atoms with Gasteiger partial charge < -0.3 is 5.11 Å². The highest BCUT2D eigenvalue weighted by Crippen LogP contribution is 2.13. The number of carbonyl (C=O) groups is 1. The van der Waals surface area contributed by atoms with E-state index in [-0.39, 0.29) is 22.9 Å². The summed E-state index contributed by atoms with van der Waals surface area (Å²) in [7, 11) is -3.42. The molecule has 0 aliphatic carbocycles. The van der Waals surface area contributed by atoms with Crippen LogP contribution in [-0.2, 0) is 10.0 Å². The van der Waals surface area contributed by atoms with E-state index in [4.69, 9.17) is 5.11 Å². The number of sulfonamides is 1. The number of benzene rings is 1. The van der Waals surface area contributed by atoms with Gasteiger partial charge in [-0.05, 0) is 24.1 Å². The molecule has 0 heterocycles. The zero-order chi connectivity index (χ0) is 13.1. The van der Waals surface area contributed by atoms with Gasteiger partial charge >= 0.3 is 5.97 Å². The van der Waals surface area contributed by atoms with Crippen molar-refractivity contribution in [3.8, 4) is 0 Å². The van der Waals surface area contributed by atoms with Crippen molar-refractivity contribution in [3.05, 3.63) is 29.8 Å². The van der Waals surface area contributed by atoms with Gasteiger partial charge in [0.15, 0.2) is 0 Å². The van der Waals surface area contributed by atoms with E-state index in [0.29, 0.717) is 0 Å². The van der Waals surface area contributed by atoms with Gasteiger partial charge in [-0.1, -0.05) is 19.9 Å². The van der Waals surface area contributed by atoms with Gasteiger partial charge in [0.25, 0.3) is 0 Å². The van der Waals surface area contributed by atoms with E-state index in [1.54, 1.807) is 13.8 Å². The first-order valence-corrected chi connectivity index (χ1v) is 6.79. The number of hydrogen-bond acceptors (Lipinski definition) is 3. The van der Waals surface area contributed by atoms with Gasteiger partial charge in [0.2, 0.25) is 10.0 Å². The van der Waals surface area contributed by atoms with Gasteiger partial charge in [0.1, 0.15) is 0 Å². The molecule has 94 valence electrons. The van der Waals surface area contributed by atoms with E-state index >= 15 is 0 Å². The molecule has 0 atom stereocenters. The topological polar surface area (TPSA) is 83.5 Å². The van der Waals surface area contributed by atoms with Crippen LogP contribution >= 0.6 is 0 Å². The number of nitrogens with one attached hydrogen (secondary N) is 1. The lowest BCUT2D eigenvalue weighted by Gasteiger charge is -2.10. The molecule has 0 radical (unpaired) electrons. The standard InChI is InChI=1S/C11H15NO4S/c1-8(2)7-17(15,16)12-10-5-3-4-9(6-10)11(13)14/h3-6,8,12H,7H2,1-2H3,(H,13,14). The smallest absolute Gasteiger partial charge is 0.335 e. The predicted molar refractivity (Wildman–Crippen MR) is 65.6 cm³/mol. The molecule has 6 heteroatoms. The van der Waals surface area contributed by atoms with Gasteiger partial charge in [-0.25, -0.2) is 13.2 Å². The first kappa shape index (κ1) is 13.5. The molecule has 0 spiro atoms. The van der Waals surface area contributed by atoms with Crippen LogP contribution < -0.4 is 4.72 Å². The van der Waals surface area contributed by atoms with Crippen LogP contribution in [0.4, 0.5) is 5.69 Å². The van der Waals surface area contributed by atoms with E-state index < -0.39 is 16.0 Å². The average Bonchev–Trinajstić information content (AvgIpc) is 2.14. The second kappa shape index (κ2) is 5.18. The molecular weight excluding hydrogens is 242 g/mol. The van der Waals surface area contributed by atoms with E-state index in [2.05, 4.69) is 4.72 Å². The highest BCUT2D eigenvalue weighted by atomic mass is 32.2. The van der Waals surface area contributed by atoms with E-state index in [9.17, 15) is 13.2 Å². The summed E-state index contributed by atoms with van der Waals surface area (Å²) in [5.41, 5.74) is 0.320. The molecule has 5 nitrogen and oxygen atoms in total. The SMILES string of the molecule is CC(C)CS(=O)(=O)Nc1cccc(C(=O)O)c1. The maximum atomic E-state index is 11.6. The van der Waals surface area contributed by atoms with Crippen molar-refractivity contribution in [1.29, 1.82) is 0 Å². The highest BCUT2D eigenvalue weighted by molar-refractivity contribution is 7.92. The average molecular weight is 257 g/mol. The summed E-state index contributed by atoms with van der Waals surface area (Å²) in [5, 5.41) is 8.78. The first-order valence-electron chi connectivity index (χ1n) is 5.14. The summed E-state index contributed by atoms with van der Waals surface area (Å²) in [5.74, 6) is -1.07. The van der Waals surface area contributed by atoms with Crippen LogP contribution in [0.3, 0.4) is 0 Å². The predicted octanol–water partition coefficient (Wildman–Crippen LogP) is 1.78. The van der Waals surface area contributed by atoms with Crippen molar-refractivity contribution >= 4 is 21.7 Å². The summed E-state index contributed by atoms with van der Waals surface area (Å²) in [6.07, 6.45) is 0. The summed E-state index contributed by atoms with van der Waals surface area (Å²) in [6, 6.07) is 5.71. The van der Waals surface area contributed by atoms with Crippen molar-refractivity contribution < 1.29 is 18.3 Å². The molecule has 0 saturated carbocycles. The van der Waals surface area contributed by atoms with Crippen LogP contribution in [0.1, 0.15) is 24.2 Å². The molecule has 1 rings (SSSR count). The fraction of sp³-hybridized carbons (Fsp3) is 0.364. The normalized spacial score (nSPS) is 11.5. The minimum atomic E-state index is -3.42. The Morgan fingerprint density at radius 2 is 2.06 bits per heavy atom. The molecule has 1 aromatic rings. The lowest BCUT2D eigenvalue weighted by atomic mass is 10.2. The van der Waals surface area contributed by atoms with E-state index in [0.717, 1.165) is 0 Å². The Balaban J connectivity index is 2.89. The summed E-state index contributed by atoms with van der Waals surface area (Å²) < 4.78 is 25.6. The Labute approximate surface area is 101 Å². The monoisotopic (exact) mass is 257 g/mol. The van der Waals surface area contributed by atoms with Crippen LogP contribution in [0.2, 0.25) is 0 Å². The molecule has 1 aromatic carbocycles. The summed E-state index contributed by atoms with van der Waals surface area (Å²) in [4.78, 5) is 10.7. The Kier molecular flexibility index (Phi) is 4.11. The van der Waals surface area contributed by atoms with Gasteiger partial charge in [-0.3, -0.25) is 4.72 Å². The molecule has 0 aliphatic heterocycles. The number of aromatic carboxylic acids is 1. The van der Waals surface area contributed by atoms with Crippen LogP contribution in [0.5, 0.6) is 0 Å². The van der Waals surface area contributed by atoms with Crippen molar-refractivity contribution in [2.45, 2.75) is 13.8 Å². The van der Waals surface area contributed by atoms with E-state index in [1.807, 2.05) is 0 Å². The van der Waals surface area contributed by atoms with Gasteiger partial charge in [0.05, 0.1) is 11.3 Å². The molecule has 17 heavy (non-hydrogen) atoms. The van der Waals surface area contributed by atoms with Crippen LogP contribution in [0.15, 0.2) is 24.3 Å². The molecule has 0 aliphatic rings. The van der Waals surface area contributed by atoms with Crippen molar-refractivity contribution in [2.24, 2.45) is 5.92 Å². The molecule has 0 saturated heterocycles. The first-order chi connectivity index (χ1) is 7.80. The zero-order valence-electron chi connectivity index (χ0n) is 9.67. The minimum absolute atomic E-state index is 0.00426. The van der Waals surface area contributed by atoms with Gasteiger partial charge in [0, 0.05) is 5.69 Å². The molecular formula is C11H15NO4S. The molecule has 0 aromatic heterocycles. The molecule has 0 bridgehead atoms. The Bertz CT molecular complexity index is 508. The quantitative estimate of drug-likeness (QED) is 0.842. The molecule has 0 unspecified atom stereocenters. The maximum absolute atomic E-state index is 11.6. The number of rotatable bonds is 5. The Hall–Kier alpha value is -1.56. The lowest BCUT2D eigenvalue weighted by Crippen LogP contribution is -2.20. The fourth-order valence-corrected chi connectivity index (χ4v) is 2.82. The third-order valence-electron chi connectivity index (χ3n) is 1.94. The fourth-order valence-electron chi connectivity index (χ4n) is 1.38. The molecule has 2 N–H and O–H groups in total. The Morgan fingerprint density at radius 3 is 2.59 bits per heavy atom. The minimum Gasteiger partial charge on any atom is -0.478 e. The third kappa shape index (κ3) is 4.44. The second-order valence-corrected chi connectivity index (χ2v) is 5.93. The number of carboxylic acid groups (broad SMARTS) is 1. The zero-order valence-corrected chi connectivity index (χ0v) is 10.5. The number of hydrogen-bond donors (Lipinski definition) is 2. The molecule has 0 fully saturated rings. The lowest BCUT2D eigenvalue weighted by molar-refractivity contribution is 0.0697. The largest absolute Gasteiger partial charge is 0.478 e. The highest BCUT2D eigenvalue weighted by Gasteiger charge is 2.13. The Morgan fingerprint density at radius 1 is 1.41 bits per heavy atom. The van der Waals surface area contributed by atoms with Crippen molar-refractivity contribution in [3.63, 3.8) is 0 Å². The second-order valence-electron chi connectivity index (χ2n) is 4.16. The van der Waals surface area contributed by atoms with Gasteiger partial charge in [-0.15, -0.1) is 0 Å². The number of anilines is 1. The van der Waals surface area contributed by atoms with Crippen LogP contribution in [-0.4, -0.2) is 25.2 Å². The van der Waals surface area contributed by atoms with Crippen LogP contribution in [0.25, 0.3) is 0 Å². The van der Waals surface area contributed by atoms with Gasteiger partial charge in [-0.2, -0.15) is 0 Å². The van der Waals surface area contributed by atoms with E-state index in [1.165, 1.54) is 24.3 Å². The van der Waals surface area contributed by atoms with Crippen LogP contribution in [0, 0.1) is 5.92 Å². The maximum Gasteiger partial charge on any atom is 0.335 e. The number of carboxylic acids is 1. The third-order valence-corrected chi connectivity index (χ3v) is 3.59. The summed E-state index contributed by atoms with van der Waals surface area (Å²) >= 11 is 0. The van der Waals surface area contributed by atoms with Crippen molar-refractivity contribution in [1.82, 2.24) is 0 Å². The van der Waals surface area contributed by atoms with Crippen molar-refractivity contribution in [2.75, 3.05) is 10.5 Å². The summed E-state index contributed by atoms with van der Waals surface area (Å²) in [6.45, 7) is 3.60. The molecule has 0 amide bonds.